The van der Waals surface area contributed by atoms with Crippen molar-refractivity contribution in [1.82, 2.24) is 0 Å². The fourth-order valence-corrected chi connectivity index (χ4v) is 3.94. The fourth-order valence-electron chi connectivity index (χ4n) is 3.94. The first-order valence-electron chi connectivity index (χ1n) is 10.2. The van der Waals surface area contributed by atoms with Gasteiger partial charge in [-0.1, -0.05) is 13.8 Å². The van der Waals surface area contributed by atoms with Crippen LogP contribution in [0, 0.1) is 5.41 Å². The van der Waals surface area contributed by atoms with Crippen LogP contribution in [0.5, 0.6) is 5.75 Å². The summed E-state index contributed by atoms with van der Waals surface area (Å²) < 4.78 is 17.0. The molecule has 1 aliphatic rings. The minimum Gasteiger partial charge on any atom is -0.507 e. The zero-order valence-corrected chi connectivity index (χ0v) is 18.7. The van der Waals surface area contributed by atoms with Crippen LogP contribution in [0.1, 0.15) is 85.9 Å². The van der Waals surface area contributed by atoms with Crippen LogP contribution >= 0.6 is 0 Å². The average Bonchev–Trinajstić information content (AvgIpc) is 2.89. The van der Waals surface area contributed by atoms with E-state index in [1.807, 2.05) is 13.8 Å². The highest BCUT2D eigenvalue weighted by Gasteiger charge is 2.39. The molecule has 0 bridgehead atoms. The van der Waals surface area contributed by atoms with Gasteiger partial charge in [-0.25, -0.2) is 4.79 Å². The lowest BCUT2D eigenvalue weighted by Crippen LogP contribution is -2.28. The first-order valence-corrected chi connectivity index (χ1v) is 10.2. The maximum atomic E-state index is 13.2. The van der Waals surface area contributed by atoms with Crippen LogP contribution < -0.4 is 0 Å². The second-order valence-corrected chi connectivity index (χ2v) is 9.25. The van der Waals surface area contributed by atoms with E-state index in [-0.39, 0.29) is 23.1 Å². The van der Waals surface area contributed by atoms with Gasteiger partial charge in [0.1, 0.15) is 11.4 Å². The Labute approximate surface area is 173 Å². The zero-order valence-electron chi connectivity index (χ0n) is 18.7. The Hall–Kier alpha value is -1.92. The zero-order chi connectivity index (χ0) is 22.0. The fraction of sp³-hybridized carbons (Fsp3) is 0.652. The molecule has 162 valence electrons. The number of benzene rings is 1. The molecule has 0 unspecified atom stereocenters. The lowest BCUT2D eigenvalue weighted by Gasteiger charge is -2.25. The van der Waals surface area contributed by atoms with Crippen LogP contribution in [-0.4, -0.2) is 42.5 Å². The third-order valence-electron chi connectivity index (χ3n) is 4.94. The van der Waals surface area contributed by atoms with Crippen LogP contribution in [0.3, 0.4) is 0 Å². The summed E-state index contributed by atoms with van der Waals surface area (Å²) in [6.45, 7) is 14.1. The Kier molecular flexibility index (Phi) is 7.12. The number of hydrogen-bond acceptors (Lipinski definition) is 6. The Morgan fingerprint density at radius 1 is 1.14 bits per heavy atom. The number of aldehydes is 1. The molecule has 0 atom stereocenters. The molecule has 6 nitrogen and oxygen atoms in total. The molecule has 6 heteroatoms. The molecule has 1 aromatic carbocycles. The van der Waals surface area contributed by atoms with Crippen LogP contribution in [-0.2, 0) is 33.5 Å². The molecule has 0 radical (unpaired) electrons. The van der Waals surface area contributed by atoms with Gasteiger partial charge in [-0.2, -0.15) is 0 Å². The number of fused-ring (bicyclic) bond motifs is 1. The summed E-state index contributed by atoms with van der Waals surface area (Å²) in [6, 6.07) is 0. The van der Waals surface area contributed by atoms with E-state index in [2.05, 4.69) is 13.8 Å². The topological polar surface area (TPSA) is 82.1 Å². The van der Waals surface area contributed by atoms with Crippen LogP contribution in [0.25, 0.3) is 0 Å². The van der Waals surface area contributed by atoms with Crippen molar-refractivity contribution in [1.29, 1.82) is 0 Å². The summed E-state index contributed by atoms with van der Waals surface area (Å²) in [5.74, 6) is -0.536. The van der Waals surface area contributed by atoms with Crippen molar-refractivity contribution in [3.05, 3.63) is 27.8 Å². The van der Waals surface area contributed by atoms with Gasteiger partial charge < -0.3 is 19.3 Å². The van der Waals surface area contributed by atoms with Gasteiger partial charge in [-0.05, 0) is 69.6 Å². The van der Waals surface area contributed by atoms with Crippen LogP contribution in [0.2, 0.25) is 0 Å². The number of phenolic OH excluding ortho intramolecular Hbond substituents is 1. The van der Waals surface area contributed by atoms with E-state index in [1.165, 1.54) is 0 Å². The third kappa shape index (κ3) is 5.37. The van der Waals surface area contributed by atoms with Gasteiger partial charge in [0.2, 0.25) is 0 Å². The molecule has 0 spiro atoms. The van der Waals surface area contributed by atoms with Crippen LogP contribution in [0.4, 0.5) is 0 Å². The molecule has 1 aliphatic carbocycles. The molecule has 0 aromatic heterocycles. The summed E-state index contributed by atoms with van der Waals surface area (Å²) in [4.78, 5) is 25.2. The first kappa shape index (κ1) is 23.4. The summed E-state index contributed by atoms with van der Waals surface area (Å²) >= 11 is 0. The molecule has 0 saturated heterocycles. The highest BCUT2D eigenvalue weighted by molar-refractivity contribution is 5.98. The molecule has 0 aliphatic heterocycles. The average molecular weight is 407 g/mol. The quantitative estimate of drug-likeness (QED) is 0.395. The normalized spacial score (nSPS) is 15.4. The van der Waals surface area contributed by atoms with Gasteiger partial charge in [0.05, 0.1) is 11.1 Å². The van der Waals surface area contributed by atoms with Crippen molar-refractivity contribution in [3.8, 4) is 5.75 Å². The number of phenols is 1. The van der Waals surface area contributed by atoms with Gasteiger partial charge >= 0.3 is 5.97 Å². The molecular weight excluding hydrogens is 372 g/mol. The lowest BCUT2D eigenvalue weighted by molar-refractivity contribution is -0.134. The van der Waals surface area contributed by atoms with E-state index >= 15 is 0 Å². The highest BCUT2D eigenvalue weighted by atomic mass is 16.7. The van der Waals surface area contributed by atoms with Gasteiger partial charge in [-0.15, -0.1) is 0 Å². The molecule has 2 rings (SSSR count). The van der Waals surface area contributed by atoms with Gasteiger partial charge in [0.15, 0.2) is 12.6 Å². The number of esters is 1. The smallest absolute Gasteiger partial charge is 0.339 e. The van der Waals surface area contributed by atoms with Crippen molar-refractivity contribution < 1.29 is 28.9 Å². The van der Waals surface area contributed by atoms with Crippen molar-refractivity contribution >= 4 is 12.3 Å². The standard InChI is InChI=1S/C23H34O6/c1-8-27-18(28-9-2)10-14-17(13-24)20(25)16-12-23(6,7)11-15(16)19(14)21(26)29-22(3,4)5/h13,18,25H,8-12H2,1-7H3. The Morgan fingerprint density at radius 2 is 1.69 bits per heavy atom. The predicted molar refractivity (Wildman–Crippen MR) is 111 cm³/mol. The van der Waals surface area contributed by atoms with Crippen molar-refractivity contribution in [2.45, 2.75) is 79.6 Å². The molecule has 0 saturated carbocycles. The van der Waals surface area contributed by atoms with E-state index < -0.39 is 17.9 Å². The largest absolute Gasteiger partial charge is 0.507 e. The molecule has 0 heterocycles. The van der Waals surface area contributed by atoms with E-state index in [0.717, 1.165) is 5.56 Å². The monoisotopic (exact) mass is 406 g/mol. The second-order valence-electron chi connectivity index (χ2n) is 9.25. The second kappa shape index (κ2) is 8.84. The number of aromatic hydroxyl groups is 1. The Balaban J connectivity index is 2.70. The predicted octanol–water partition coefficient (Wildman–Crippen LogP) is 4.23. The van der Waals surface area contributed by atoms with Crippen molar-refractivity contribution in [2.24, 2.45) is 5.41 Å². The molecule has 0 amide bonds. The number of carbonyl (C=O) groups is 2. The Morgan fingerprint density at radius 3 is 2.17 bits per heavy atom. The Bertz CT molecular complexity index is 767. The lowest BCUT2D eigenvalue weighted by atomic mass is 9.88. The van der Waals surface area contributed by atoms with Crippen LogP contribution in [0.15, 0.2) is 0 Å². The molecule has 0 fully saturated rings. The first-order chi connectivity index (χ1) is 13.4. The number of rotatable bonds is 8. The van der Waals surface area contributed by atoms with Crippen molar-refractivity contribution in [2.75, 3.05) is 13.2 Å². The summed E-state index contributed by atoms with van der Waals surface area (Å²) in [7, 11) is 0. The number of ether oxygens (including phenoxy) is 3. The highest BCUT2D eigenvalue weighted by Crippen LogP contribution is 2.45. The maximum Gasteiger partial charge on any atom is 0.339 e. The minimum absolute atomic E-state index is 0.0466. The molecular formula is C23H34O6. The van der Waals surface area contributed by atoms with E-state index in [0.29, 0.717) is 49.0 Å². The van der Waals surface area contributed by atoms with E-state index in [4.69, 9.17) is 14.2 Å². The van der Waals surface area contributed by atoms with Gasteiger partial charge in [0.25, 0.3) is 0 Å². The summed E-state index contributed by atoms with van der Waals surface area (Å²) in [5.41, 5.74) is 1.51. The summed E-state index contributed by atoms with van der Waals surface area (Å²) in [6.07, 6.45) is 1.36. The molecule has 1 N–H and O–H groups in total. The third-order valence-corrected chi connectivity index (χ3v) is 4.94. The van der Waals surface area contributed by atoms with E-state index in [9.17, 15) is 14.7 Å². The minimum atomic E-state index is -0.687. The summed E-state index contributed by atoms with van der Waals surface area (Å²) in [5, 5.41) is 10.9. The maximum absolute atomic E-state index is 13.2. The SMILES string of the molecule is CCOC(Cc1c(C=O)c(O)c2c(c1C(=O)OC(C)(C)C)CC(C)(C)C2)OCC. The number of carbonyl (C=O) groups excluding carboxylic acids is 2. The van der Waals surface area contributed by atoms with Crippen molar-refractivity contribution in [3.63, 3.8) is 0 Å². The number of hydrogen-bond donors (Lipinski definition) is 1. The van der Waals surface area contributed by atoms with E-state index in [1.54, 1.807) is 20.8 Å². The van der Waals surface area contributed by atoms with Gasteiger partial charge in [-0.3, -0.25) is 4.79 Å². The molecule has 29 heavy (non-hydrogen) atoms. The molecule has 1 aromatic rings. The van der Waals surface area contributed by atoms with Gasteiger partial charge in [0, 0.05) is 19.6 Å².